The molecule has 2 aromatic rings. The van der Waals surface area contributed by atoms with Crippen molar-refractivity contribution in [2.24, 2.45) is 11.8 Å². The Bertz CT molecular complexity index is 1410. The van der Waals surface area contributed by atoms with Crippen LogP contribution in [-0.2, 0) is 25.0 Å². The van der Waals surface area contributed by atoms with E-state index in [1.807, 2.05) is 47.6 Å². The molecule has 1 heterocycles. The Kier molecular flexibility index (Phi) is 9.57. The summed E-state index contributed by atoms with van der Waals surface area (Å²) in [5, 5.41) is 12.4. The van der Waals surface area contributed by atoms with Crippen molar-refractivity contribution in [2.75, 3.05) is 7.11 Å². The predicted molar refractivity (Wildman–Crippen MR) is 164 cm³/mol. The maximum Gasteiger partial charge on any atom is 0.306 e. The minimum absolute atomic E-state index is 0.196. The molecule has 0 aliphatic heterocycles. The van der Waals surface area contributed by atoms with E-state index in [0.29, 0.717) is 29.1 Å². The summed E-state index contributed by atoms with van der Waals surface area (Å²) in [7, 11) is -2.12. The maximum atomic E-state index is 13.5. The second kappa shape index (κ2) is 12.3. The van der Waals surface area contributed by atoms with Crippen LogP contribution < -0.4 is 10.0 Å². The van der Waals surface area contributed by atoms with Gasteiger partial charge in [-0.1, -0.05) is 46.1 Å². The number of aromatic nitrogens is 1. The van der Waals surface area contributed by atoms with E-state index < -0.39 is 32.9 Å². The van der Waals surface area contributed by atoms with Crippen LogP contribution in [0.15, 0.2) is 23.1 Å². The van der Waals surface area contributed by atoms with Gasteiger partial charge in [-0.15, -0.1) is 11.3 Å². The molecule has 4 rings (SSSR count). The van der Waals surface area contributed by atoms with Crippen LogP contribution >= 0.6 is 11.3 Å². The third-order valence-electron chi connectivity index (χ3n) is 8.05. The van der Waals surface area contributed by atoms with Crippen LogP contribution in [0.3, 0.4) is 0 Å². The number of carbonyl (C=O) groups excluding carboxylic acids is 1. The molecule has 0 spiro atoms. The minimum atomic E-state index is -3.80. The van der Waals surface area contributed by atoms with Crippen molar-refractivity contribution in [3.05, 3.63) is 34.5 Å². The van der Waals surface area contributed by atoms with E-state index in [9.17, 15) is 23.1 Å². The van der Waals surface area contributed by atoms with Crippen molar-refractivity contribution in [2.45, 2.75) is 114 Å². The van der Waals surface area contributed by atoms with E-state index in [-0.39, 0.29) is 28.9 Å². The monoisotopic (exact) mass is 619 g/mol. The number of nitrogens with zero attached hydrogens (tertiary/aromatic N) is 1. The summed E-state index contributed by atoms with van der Waals surface area (Å²) in [4.78, 5) is 30.4. The Morgan fingerprint density at radius 3 is 2.26 bits per heavy atom. The molecule has 2 aliphatic rings. The van der Waals surface area contributed by atoms with Crippen LogP contribution in [0.1, 0.15) is 114 Å². The number of methoxy groups -OCH3 is 1. The van der Waals surface area contributed by atoms with Gasteiger partial charge in [0, 0.05) is 18.7 Å². The molecule has 2 fully saturated rings. The highest BCUT2D eigenvalue weighted by Gasteiger charge is 2.37. The number of hydrogen-bond acceptors (Lipinski definition) is 7. The smallest absolute Gasteiger partial charge is 0.306 e. The number of rotatable bonds is 9. The molecule has 0 saturated heterocycles. The summed E-state index contributed by atoms with van der Waals surface area (Å²) in [5.74, 6) is -1.33. The van der Waals surface area contributed by atoms with Crippen LogP contribution in [0.2, 0.25) is 0 Å². The molecule has 2 saturated carbocycles. The SMILES string of the molecule is COC(c1nc(C(=O)N[C@H]2C[C@H](C(=O)O)C2)sc1-c1ccc(S(=O)(=O)NC(C)(C)C)c(C(C)(C)C)c1)C1CCCCC1. The van der Waals surface area contributed by atoms with Crippen molar-refractivity contribution in [1.29, 1.82) is 0 Å². The standard InChI is InChI=1S/C31H45N3O6S2/c1-30(2,3)22-17-19(13-14-23(22)42(38,39)34-31(4,5)6)26-24(25(40-7)18-11-9-8-10-12-18)33-28(41-26)27(35)32-21-15-20(16-21)29(36)37/h13-14,17-18,20-21,25,34H,8-12,15-16H2,1-7H3,(H,32,35)(H,36,37)/t20-,21-,25?. The summed E-state index contributed by atoms with van der Waals surface area (Å²) in [5.41, 5.74) is 1.02. The third kappa shape index (κ3) is 7.41. The second-order valence-electron chi connectivity index (χ2n) is 13.8. The van der Waals surface area contributed by atoms with Gasteiger partial charge in [0.25, 0.3) is 5.91 Å². The van der Waals surface area contributed by atoms with Crippen LogP contribution in [-0.4, -0.2) is 49.1 Å². The number of thiazole rings is 1. The number of ether oxygens (including phenoxy) is 1. The maximum absolute atomic E-state index is 13.5. The topological polar surface area (TPSA) is 135 Å². The van der Waals surface area contributed by atoms with Crippen LogP contribution in [0.4, 0.5) is 0 Å². The van der Waals surface area contributed by atoms with Crippen molar-refractivity contribution < 1.29 is 27.9 Å². The summed E-state index contributed by atoms with van der Waals surface area (Å²) < 4.78 is 35.7. The Balaban J connectivity index is 1.78. The van der Waals surface area contributed by atoms with Gasteiger partial charge in [-0.2, -0.15) is 0 Å². The van der Waals surface area contributed by atoms with Gasteiger partial charge < -0.3 is 15.2 Å². The van der Waals surface area contributed by atoms with Gasteiger partial charge in [0.2, 0.25) is 10.0 Å². The Morgan fingerprint density at radius 1 is 1.07 bits per heavy atom. The molecule has 11 heteroatoms. The van der Waals surface area contributed by atoms with Gasteiger partial charge in [-0.3, -0.25) is 9.59 Å². The fourth-order valence-corrected chi connectivity index (χ4v) is 8.75. The number of sulfonamides is 1. The number of aliphatic carboxylic acids is 1. The molecule has 2 aliphatic carbocycles. The number of hydrogen-bond donors (Lipinski definition) is 3. The lowest BCUT2D eigenvalue weighted by atomic mass is 9.80. The van der Waals surface area contributed by atoms with E-state index in [1.54, 1.807) is 19.2 Å². The zero-order chi connectivity index (χ0) is 31.0. The molecule has 1 amide bonds. The Labute approximate surface area is 253 Å². The highest BCUT2D eigenvalue weighted by molar-refractivity contribution is 7.89. The molecule has 0 bridgehead atoms. The number of carboxylic acids is 1. The summed E-state index contributed by atoms with van der Waals surface area (Å²) in [6.45, 7) is 11.4. The quantitative estimate of drug-likeness (QED) is 0.311. The first-order valence-corrected chi connectivity index (χ1v) is 17.1. The first-order chi connectivity index (χ1) is 19.5. The largest absolute Gasteiger partial charge is 0.481 e. The van der Waals surface area contributed by atoms with Gasteiger partial charge in [0.05, 0.1) is 21.4 Å². The van der Waals surface area contributed by atoms with E-state index in [4.69, 9.17) is 9.72 Å². The molecule has 9 nitrogen and oxygen atoms in total. The lowest BCUT2D eigenvalue weighted by Gasteiger charge is -2.32. The first kappa shape index (κ1) is 32.6. The fraction of sp³-hybridized carbons (Fsp3) is 0.645. The van der Waals surface area contributed by atoms with E-state index in [0.717, 1.165) is 36.1 Å². The summed E-state index contributed by atoms with van der Waals surface area (Å²) in [6.07, 6.45) is 5.96. The zero-order valence-electron chi connectivity index (χ0n) is 25.7. The average molecular weight is 620 g/mol. The molecule has 1 aromatic heterocycles. The zero-order valence-corrected chi connectivity index (χ0v) is 27.4. The molecule has 1 atom stereocenters. The summed E-state index contributed by atoms with van der Waals surface area (Å²) in [6, 6.07) is 5.16. The first-order valence-electron chi connectivity index (χ1n) is 14.8. The molecule has 3 N–H and O–H groups in total. The normalized spacial score (nSPS) is 21.0. The Morgan fingerprint density at radius 2 is 1.71 bits per heavy atom. The third-order valence-corrected chi connectivity index (χ3v) is 11.0. The second-order valence-corrected chi connectivity index (χ2v) is 16.4. The van der Waals surface area contributed by atoms with Crippen LogP contribution in [0.5, 0.6) is 0 Å². The highest BCUT2D eigenvalue weighted by atomic mass is 32.2. The average Bonchev–Trinajstić information content (AvgIpc) is 3.29. The lowest BCUT2D eigenvalue weighted by Crippen LogP contribution is -2.46. The number of carboxylic acid groups (broad SMARTS) is 1. The highest BCUT2D eigenvalue weighted by Crippen LogP contribution is 2.44. The number of benzene rings is 1. The molecule has 42 heavy (non-hydrogen) atoms. The molecule has 0 radical (unpaired) electrons. The molecular formula is C31H45N3O6S2. The molecule has 232 valence electrons. The van der Waals surface area contributed by atoms with Crippen molar-refractivity contribution >= 4 is 33.2 Å². The van der Waals surface area contributed by atoms with Crippen molar-refractivity contribution in [1.82, 2.24) is 15.0 Å². The lowest BCUT2D eigenvalue weighted by molar-refractivity contribution is -0.145. The molecule has 1 unspecified atom stereocenters. The molecule has 1 aromatic carbocycles. The van der Waals surface area contributed by atoms with Gasteiger partial charge >= 0.3 is 5.97 Å². The van der Waals surface area contributed by atoms with Crippen LogP contribution in [0, 0.1) is 11.8 Å². The number of amides is 1. The van der Waals surface area contributed by atoms with Gasteiger partial charge in [0.15, 0.2) is 5.01 Å². The number of nitrogens with one attached hydrogen (secondary N) is 2. The molecular weight excluding hydrogens is 574 g/mol. The fourth-order valence-electron chi connectivity index (χ4n) is 5.93. The minimum Gasteiger partial charge on any atom is -0.481 e. The van der Waals surface area contributed by atoms with E-state index >= 15 is 0 Å². The Hall–Kier alpha value is -2.34. The van der Waals surface area contributed by atoms with Gasteiger partial charge in [0.1, 0.15) is 6.10 Å². The number of carbonyl (C=O) groups is 2. The van der Waals surface area contributed by atoms with E-state index in [2.05, 4.69) is 10.0 Å². The van der Waals surface area contributed by atoms with Gasteiger partial charge in [-0.05, 0) is 81.0 Å². The van der Waals surface area contributed by atoms with Crippen molar-refractivity contribution in [3.8, 4) is 10.4 Å². The van der Waals surface area contributed by atoms with Crippen molar-refractivity contribution in [3.63, 3.8) is 0 Å². The van der Waals surface area contributed by atoms with E-state index in [1.165, 1.54) is 17.8 Å². The summed E-state index contributed by atoms with van der Waals surface area (Å²) >= 11 is 1.27. The predicted octanol–water partition coefficient (Wildman–Crippen LogP) is 6.05. The van der Waals surface area contributed by atoms with Crippen LogP contribution in [0.25, 0.3) is 10.4 Å². The van der Waals surface area contributed by atoms with Gasteiger partial charge in [-0.25, -0.2) is 18.1 Å².